The molecule has 11 heavy (non-hydrogen) atoms. The van der Waals surface area contributed by atoms with Gasteiger partial charge in [0.1, 0.15) is 5.75 Å². The predicted octanol–water partition coefficient (Wildman–Crippen LogP) is -1.38. The minimum atomic E-state index is -0.286. The molecule has 0 aliphatic carbocycles. The maximum absolute atomic E-state index is 10.4. The van der Waals surface area contributed by atoms with Gasteiger partial charge in [-0.1, -0.05) is 18.2 Å². The number of carbonyl (C=O) groups is 1. The summed E-state index contributed by atoms with van der Waals surface area (Å²) in [7, 11) is 0. The number of ether oxygens (including phenoxy) is 1. The second-order valence-corrected chi connectivity index (χ2v) is 1.91. The van der Waals surface area contributed by atoms with Crippen molar-refractivity contribution in [2.75, 3.05) is 0 Å². The fourth-order valence-corrected chi connectivity index (χ4v) is 0.655. The van der Waals surface area contributed by atoms with Crippen LogP contribution in [-0.4, -0.2) is 5.97 Å². The van der Waals surface area contributed by atoms with E-state index in [0.29, 0.717) is 5.75 Å². The molecule has 0 atom stereocenters. The van der Waals surface area contributed by atoms with Gasteiger partial charge in [-0.25, -0.2) is 0 Å². The molecule has 0 heterocycles. The molecule has 2 nitrogen and oxygen atoms in total. The van der Waals surface area contributed by atoms with E-state index in [2.05, 4.69) is 0 Å². The molecule has 52 valence electrons. The minimum Gasteiger partial charge on any atom is -0.427 e. The predicted molar refractivity (Wildman–Crippen MR) is 37.8 cm³/mol. The topological polar surface area (TPSA) is 26.3 Å². The van der Waals surface area contributed by atoms with Gasteiger partial charge in [0.15, 0.2) is 0 Å². The summed E-state index contributed by atoms with van der Waals surface area (Å²) < 4.78 is 4.78. The Bertz CT molecular complexity index is 221. The fraction of sp³-hybridized carbons (Fsp3) is 0.125. The summed E-state index contributed by atoms with van der Waals surface area (Å²) in [6.45, 7) is 1.38. The monoisotopic (exact) mass is 175 g/mol. The van der Waals surface area contributed by atoms with Crippen molar-refractivity contribution < 1.29 is 60.9 Å². The zero-order valence-electron chi connectivity index (χ0n) is 6.70. The molecule has 3 heteroatoms. The number of para-hydroxylation sites is 1. The summed E-state index contributed by atoms with van der Waals surface area (Å²) in [4.78, 5) is 10.4. The smallest absolute Gasteiger partial charge is 0.427 e. The van der Waals surface area contributed by atoms with Crippen molar-refractivity contribution in [2.45, 2.75) is 6.92 Å². The quantitative estimate of drug-likeness (QED) is 0.299. The van der Waals surface area contributed by atoms with E-state index in [-0.39, 0.29) is 57.4 Å². The van der Waals surface area contributed by atoms with E-state index in [1.165, 1.54) is 6.92 Å². The Hall–Kier alpha value is 0.326. The van der Waals surface area contributed by atoms with Crippen molar-refractivity contribution >= 4 is 5.97 Å². The van der Waals surface area contributed by atoms with Crippen LogP contribution >= 0.6 is 0 Å². The Labute approximate surface area is 108 Å². The molecular weight excluding hydrogens is 167 g/mol. The van der Waals surface area contributed by atoms with Crippen LogP contribution in [0.5, 0.6) is 5.75 Å². The summed E-state index contributed by atoms with van der Waals surface area (Å²) in [5.41, 5.74) is 0. The molecule has 1 aromatic rings. The van der Waals surface area contributed by atoms with Crippen LogP contribution in [0.1, 0.15) is 6.92 Å². The van der Waals surface area contributed by atoms with Crippen molar-refractivity contribution in [3.8, 4) is 5.75 Å². The number of esters is 1. The molecule has 0 N–H and O–H groups in total. The Morgan fingerprint density at radius 2 is 1.82 bits per heavy atom. The van der Waals surface area contributed by atoms with Crippen molar-refractivity contribution in [1.29, 1.82) is 0 Å². The molecule has 0 aromatic heterocycles. The number of carbonyl (C=O) groups excluding carboxylic acids is 1. The molecule has 0 bridgehead atoms. The minimum absolute atomic E-state index is 0. The summed E-state index contributed by atoms with van der Waals surface area (Å²) in [5, 5.41) is 0. The Morgan fingerprint density at radius 1 is 1.27 bits per heavy atom. The van der Waals surface area contributed by atoms with E-state index in [0.717, 1.165) is 0 Å². The van der Waals surface area contributed by atoms with Crippen molar-refractivity contribution in [2.24, 2.45) is 0 Å². The van der Waals surface area contributed by atoms with Gasteiger partial charge in [0.2, 0.25) is 0 Å². The Morgan fingerprint density at radius 3 is 2.27 bits per heavy atom. The van der Waals surface area contributed by atoms with Crippen LogP contribution in [0.4, 0.5) is 0 Å². The van der Waals surface area contributed by atoms with E-state index in [4.69, 9.17) is 4.74 Å². The first kappa shape index (κ1) is 11.3. The van der Waals surface area contributed by atoms with Gasteiger partial charge in [0, 0.05) is 6.92 Å². The van der Waals surface area contributed by atoms with Crippen molar-refractivity contribution in [3.05, 3.63) is 30.3 Å². The Kier molecular flexibility index (Phi) is 6.09. The largest absolute Gasteiger partial charge is 1.00 e. The van der Waals surface area contributed by atoms with Gasteiger partial charge in [-0.15, -0.1) is 0 Å². The normalized spacial score (nSPS) is 8.09. The first-order valence-electron chi connectivity index (χ1n) is 3.02. The molecule has 0 radical (unpaired) electrons. The molecule has 0 spiro atoms. The second kappa shape index (κ2) is 5.91. The van der Waals surface area contributed by atoms with E-state index in [1.54, 1.807) is 12.1 Å². The molecule has 0 unspecified atom stereocenters. The average molecular weight is 175 g/mol. The van der Waals surface area contributed by atoms with Crippen molar-refractivity contribution in [3.63, 3.8) is 0 Å². The van der Waals surface area contributed by atoms with E-state index in [1.807, 2.05) is 18.2 Å². The maximum atomic E-state index is 10.4. The van der Waals surface area contributed by atoms with E-state index < -0.39 is 0 Å². The standard InChI is InChI=1S/C8H8O2.K/c1-7(9)10-8-5-3-2-4-6-8;/h2-6H,1H3;/q;+1. The molecule has 1 aromatic carbocycles. The van der Waals surface area contributed by atoms with Crippen LogP contribution < -0.4 is 56.1 Å². The van der Waals surface area contributed by atoms with Gasteiger partial charge >= 0.3 is 57.4 Å². The van der Waals surface area contributed by atoms with Gasteiger partial charge < -0.3 is 4.74 Å². The summed E-state index contributed by atoms with van der Waals surface area (Å²) in [5.74, 6) is 0.307. The number of hydrogen-bond acceptors (Lipinski definition) is 2. The zero-order chi connectivity index (χ0) is 7.40. The zero-order valence-corrected chi connectivity index (χ0v) is 9.83. The van der Waals surface area contributed by atoms with Crippen molar-refractivity contribution in [1.82, 2.24) is 0 Å². The van der Waals surface area contributed by atoms with Crippen LogP contribution in [0.3, 0.4) is 0 Å². The molecular formula is C8H8KO2+. The first-order valence-corrected chi connectivity index (χ1v) is 3.02. The maximum Gasteiger partial charge on any atom is 1.00 e. The van der Waals surface area contributed by atoms with Gasteiger partial charge in [-0.2, -0.15) is 0 Å². The van der Waals surface area contributed by atoms with Gasteiger partial charge in [0.05, 0.1) is 0 Å². The van der Waals surface area contributed by atoms with Crippen LogP contribution in [0.2, 0.25) is 0 Å². The number of benzene rings is 1. The molecule has 0 fully saturated rings. The first-order chi connectivity index (χ1) is 4.79. The third-order valence-electron chi connectivity index (χ3n) is 1.00. The Balaban J connectivity index is 0.000001000. The molecule has 0 aliphatic rings. The molecule has 0 aliphatic heterocycles. The average Bonchev–Trinajstić information content (AvgIpc) is 1.88. The summed E-state index contributed by atoms with van der Waals surface area (Å²) >= 11 is 0. The molecule has 1 rings (SSSR count). The summed E-state index contributed by atoms with van der Waals surface area (Å²) in [6.07, 6.45) is 0. The van der Waals surface area contributed by atoms with Gasteiger partial charge in [0.25, 0.3) is 0 Å². The van der Waals surface area contributed by atoms with Crippen LogP contribution in [0.25, 0.3) is 0 Å². The summed E-state index contributed by atoms with van der Waals surface area (Å²) in [6, 6.07) is 8.98. The number of rotatable bonds is 1. The third-order valence-corrected chi connectivity index (χ3v) is 1.00. The second-order valence-electron chi connectivity index (χ2n) is 1.91. The van der Waals surface area contributed by atoms with Crippen LogP contribution in [0, 0.1) is 0 Å². The molecule has 0 saturated carbocycles. The number of hydrogen-bond donors (Lipinski definition) is 0. The van der Waals surface area contributed by atoms with Crippen LogP contribution in [-0.2, 0) is 4.79 Å². The van der Waals surface area contributed by atoms with Crippen LogP contribution in [0.15, 0.2) is 30.3 Å². The van der Waals surface area contributed by atoms with E-state index >= 15 is 0 Å². The molecule has 0 amide bonds. The van der Waals surface area contributed by atoms with E-state index in [9.17, 15) is 4.79 Å². The third kappa shape index (κ3) is 4.71. The SMILES string of the molecule is CC(=O)Oc1ccccc1.[K+]. The van der Waals surface area contributed by atoms with Gasteiger partial charge in [-0.3, -0.25) is 4.79 Å². The molecule has 0 saturated heterocycles. The fourth-order valence-electron chi connectivity index (χ4n) is 0.655. The van der Waals surface area contributed by atoms with Gasteiger partial charge in [-0.05, 0) is 12.1 Å².